The first kappa shape index (κ1) is 16.8. The van der Waals surface area contributed by atoms with E-state index in [9.17, 15) is 0 Å². The van der Waals surface area contributed by atoms with Crippen LogP contribution in [0.5, 0.6) is 0 Å². The summed E-state index contributed by atoms with van der Waals surface area (Å²) >= 11 is 0. The van der Waals surface area contributed by atoms with Crippen LogP contribution in [0.1, 0.15) is 64.0 Å². The molecule has 2 aromatic rings. The van der Waals surface area contributed by atoms with Crippen LogP contribution in [0.25, 0.3) is 0 Å². The lowest BCUT2D eigenvalue weighted by Crippen LogP contribution is -2.05. The van der Waals surface area contributed by atoms with Gasteiger partial charge in [-0.3, -0.25) is 0 Å². The Labute approximate surface area is 134 Å². The average molecular weight is 302 g/mol. The van der Waals surface area contributed by atoms with Crippen LogP contribution in [0.4, 0.5) is 0 Å². The van der Waals surface area contributed by atoms with Crippen molar-refractivity contribution in [2.75, 3.05) is 0 Å². The number of imidazole rings is 2. The molecule has 2 rings (SSSR count). The van der Waals surface area contributed by atoms with Crippen molar-refractivity contribution in [1.29, 1.82) is 0 Å². The Hall–Kier alpha value is -1.58. The molecular formula is C18H30N4. The fourth-order valence-corrected chi connectivity index (χ4v) is 2.77. The smallest absolute Gasteiger partial charge is 0.108 e. The summed E-state index contributed by atoms with van der Waals surface area (Å²) in [7, 11) is 0. The summed E-state index contributed by atoms with van der Waals surface area (Å²) < 4.78 is 4.62. The van der Waals surface area contributed by atoms with Crippen molar-refractivity contribution in [2.24, 2.45) is 0 Å². The molecule has 0 bridgehead atoms. The van der Waals surface area contributed by atoms with Crippen LogP contribution in [-0.2, 0) is 25.9 Å². The minimum Gasteiger partial charge on any atom is -0.335 e. The summed E-state index contributed by atoms with van der Waals surface area (Å²) in [6.45, 7) is 6.68. The molecule has 0 aliphatic rings. The maximum atomic E-state index is 4.50. The summed E-state index contributed by atoms with van der Waals surface area (Å²) in [5, 5.41) is 0. The Kier molecular flexibility index (Phi) is 7.20. The number of nitrogens with zero attached hydrogens (tertiary/aromatic N) is 4. The molecule has 122 valence electrons. The van der Waals surface area contributed by atoms with E-state index in [0.717, 1.165) is 25.9 Å². The second-order valence-electron chi connectivity index (χ2n) is 5.99. The Balaban J connectivity index is 1.73. The van der Waals surface area contributed by atoms with E-state index < -0.39 is 0 Å². The number of unbranched alkanes of at least 4 members (excludes halogenated alkanes) is 3. The largest absolute Gasteiger partial charge is 0.335 e. The number of rotatable bonds is 11. The molecule has 4 heteroatoms. The van der Waals surface area contributed by atoms with Gasteiger partial charge >= 0.3 is 0 Å². The van der Waals surface area contributed by atoms with Crippen LogP contribution in [0.2, 0.25) is 0 Å². The SMILES string of the molecule is CCCCn1ccnc1CCCCc1nccn1CCCC. The Bertz CT molecular complexity index is 478. The van der Waals surface area contributed by atoms with Crippen molar-refractivity contribution in [3.05, 3.63) is 36.4 Å². The maximum Gasteiger partial charge on any atom is 0.108 e. The maximum absolute atomic E-state index is 4.50. The summed E-state index contributed by atoms with van der Waals surface area (Å²) in [4.78, 5) is 9.01. The van der Waals surface area contributed by atoms with Gasteiger partial charge < -0.3 is 9.13 Å². The van der Waals surface area contributed by atoms with Crippen LogP contribution < -0.4 is 0 Å². The van der Waals surface area contributed by atoms with Crippen molar-refractivity contribution in [3.63, 3.8) is 0 Å². The molecule has 22 heavy (non-hydrogen) atoms. The lowest BCUT2D eigenvalue weighted by molar-refractivity contribution is 0.569. The molecule has 0 saturated heterocycles. The molecule has 0 amide bonds. The standard InChI is InChI=1S/C18H30N4/c1-3-5-13-21-15-11-19-17(21)9-7-8-10-18-20-12-16-22(18)14-6-4-2/h11-12,15-16H,3-10,13-14H2,1-2H3. The van der Waals surface area contributed by atoms with Gasteiger partial charge in [-0.15, -0.1) is 0 Å². The quantitative estimate of drug-likeness (QED) is 0.582. The molecule has 0 aliphatic carbocycles. The summed E-state index contributed by atoms with van der Waals surface area (Å²) in [6.07, 6.45) is 17.6. The highest BCUT2D eigenvalue weighted by Crippen LogP contribution is 2.09. The molecule has 4 nitrogen and oxygen atoms in total. The second kappa shape index (κ2) is 9.44. The van der Waals surface area contributed by atoms with Gasteiger partial charge in [0.2, 0.25) is 0 Å². The normalized spacial score (nSPS) is 11.2. The Morgan fingerprint density at radius 2 is 1.18 bits per heavy atom. The zero-order valence-corrected chi connectivity index (χ0v) is 14.2. The molecule has 0 unspecified atom stereocenters. The van der Waals surface area contributed by atoms with Gasteiger partial charge in [-0.25, -0.2) is 9.97 Å². The minimum atomic E-state index is 1.08. The average Bonchev–Trinajstić information content (AvgIpc) is 3.16. The van der Waals surface area contributed by atoms with Crippen molar-refractivity contribution in [1.82, 2.24) is 19.1 Å². The molecule has 0 atom stereocenters. The topological polar surface area (TPSA) is 35.6 Å². The third-order valence-corrected chi connectivity index (χ3v) is 4.16. The number of hydrogen-bond acceptors (Lipinski definition) is 2. The number of hydrogen-bond donors (Lipinski definition) is 0. The highest BCUT2D eigenvalue weighted by atomic mass is 15.1. The molecule has 2 aromatic heterocycles. The third-order valence-electron chi connectivity index (χ3n) is 4.16. The molecule has 0 saturated carbocycles. The van der Waals surface area contributed by atoms with Gasteiger partial charge in [0, 0.05) is 50.7 Å². The zero-order valence-electron chi connectivity index (χ0n) is 14.2. The third kappa shape index (κ3) is 5.00. The van der Waals surface area contributed by atoms with E-state index in [1.165, 1.54) is 50.2 Å². The molecule has 2 heterocycles. The van der Waals surface area contributed by atoms with Crippen LogP contribution in [0.15, 0.2) is 24.8 Å². The minimum absolute atomic E-state index is 1.08. The van der Waals surface area contributed by atoms with Gasteiger partial charge in [0.15, 0.2) is 0 Å². The van der Waals surface area contributed by atoms with E-state index >= 15 is 0 Å². The fourth-order valence-electron chi connectivity index (χ4n) is 2.77. The van der Waals surface area contributed by atoms with Crippen LogP contribution in [-0.4, -0.2) is 19.1 Å². The van der Waals surface area contributed by atoms with Crippen molar-refractivity contribution >= 4 is 0 Å². The van der Waals surface area contributed by atoms with Gasteiger partial charge in [0.1, 0.15) is 11.6 Å². The van der Waals surface area contributed by atoms with Crippen molar-refractivity contribution in [3.8, 4) is 0 Å². The predicted molar refractivity (Wildman–Crippen MR) is 90.9 cm³/mol. The lowest BCUT2D eigenvalue weighted by Gasteiger charge is -2.08. The monoisotopic (exact) mass is 302 g/mol. The van der Waals surface area contributed by atoms with E-state index in [1.807, 2.05) is 12.4 Å². The van der Waals surface area contributed by atoms with E-state index in [2.05, 4.69) is 45.3 Å². The van der Waals surface area contributed by atoms with Gasteiger partial charge in [-0.1, -0.05) is 26.7 Å². The first-order valence-electron chi connectivity index (χ1n) is 8.85. The van der Waals surface area contributed by atoms with Crippen LogP contribution in [0.3, 0.4) is 0 Å². The summed E-state index contributed by atoms with van der Waals surface area (Å²) in [5.74, 6) is 2.48. The lowest BCUT2D eigenvalue weighted by atomic mass is 10.1. The molecule has 0 fully saturated rings. The Morgan fingerprint density at radius 1 is 0.727 bits per heavy atom. The predicted octanol–water partition coefficient (Wildman–Crippen LogP) is 4.25. The van der Waals surface area contributed by atoms with Crippen LogP contribution in [0, 0.1) is 0 Å². The molecule has 0 aliphatic heterocycles. The van der Waals surface area contributed by atoms with Gasteiger partial charge in [-0.05, 0) is 25.7 Å². The van der Waals surface area contributed by atoms with E-state index in [1.54, 1.807) is 0 Å². The van der Waals surface area contributed by atoms with Crippen molar-refractivity contribution < 1.29 is 0 Å². The van der Waals surface area contributed by atoms with Crippen LogP contribution >= 0.6 is 0 Å². The first-order valence-corrected chi connectivity index (χ1v) is 8.85. The van der Waals surface area contributed by atoms with E-state index in [4.69, 9.17) is 0 Å². The zero-order chi connectivity index (χ0) is 15.6. The Morgan fingerprint density at radius 3 is 1.59 bits per heavy atom. The summed E-state index contributed by atoms with van der Waals surface area (Å²) in [6, 6.07) is 0. The van der Waals surface area contributed by atoms with Gasteiger partial charge in [-0.2, -0.15) is 0 Å². The molecule has 0 radical (unpaired) electrons. The molecule has 0 spiro atoms. The van der Waals surface area contributed by atoms with Gasteiger partial charge in [0.05, 0.1) is 0 Å². The number of aromatic nitrogens is 4. The van der Waals surface area contributed by atoms with Crippen molar-refractivity contribution in [2.45, 2.75) is 78.3 Å². The van der Waals surface area contributed by atoms with Gasteiger partial charge in [0.25, 0.3) is 0 Å². The fraction of sp³-hybridized carbons (Fsp3) is 0.667. The number of aryl methyl sites for hydroxylation is 4. The highest BCUT2D eigenvalue weighted by Gasteiger charge is 2.05. The van der Waals surface area contributed by atoms with E-state index in [-0.39, 0.29) is 0 Å². The molecule has 0 N–H and O–H groups in total. The first-order chi connectivity index (χ1) is 10.8. The molecular weight excluding hydrogens is 272 g/mol. The molecule has 0 aromatic carbocycles. The highest BCUT2D eigenvalue weighted by molar-refractivity contribution is 4.94. The summed E-state index contributed by atoms with van der Waals surface area (Å²) in [5.41, 5.74) is 0. The van der Waals surface area contributed by atoms with E-state index in [0.29, 0.717) is 0 Å². The second-order valence-corrected chi connectivity index (χ2v) is 5.99.